The molecule has 7 heteroatoms. The molecule has 0 saturated carbocycles. The molecule has 0 spiro atoms. The SMILES string of the molecule is O=c1[nH]c(=O)c2nnc(Cl)cc2[nH]1. The number of nitrogens with zero attached hydrogens (tertiary/aromatic N) is 2. The van der Waals surface area contributed by atoms with Crippen molar-refractivity contribution in [3.05, 3.63) is 32.1 Å². The van der Waals surface area contributed by atoms with Gasteiger partial charge in [0.1, 0.15) is 0 Å². The fourth-order valence-corrected chi connectivity index (χ4v) is 1.09. The van der Waals surface area contributed by atoms with Crippen LogP contribution < -0.4 is 11.2 Å². The highest BCUT2D eigenvalue weighted by Gasteiger charge is 2.02. The van der Waals surface area contributed by atoms with Gasteiger partial charge in [0.25, 0.3) is 5.56 Å². The van der Waals surface area contributed by atoms with E-state index in [4.69, 9.17) is 11.6 Å². The summed E-state index contributed by atoms with van der Waals surface area (Å²) in [5.74, 6) is 0. The third kappa shape index (κ3) is 1.31. The molecule has 2 rings (SSSR count). The second-order valence-corrected chi connectivity index (χ2v) is 2.72. The minimum atomic E-state index is -0.596. The van der Waals surface area contributed by atoms with E-state index < -0.39 is 11.2 Å². The first-order chi connectivity index (χ1) is 6.16. The topological polar surface area (TPSA) is 91.5 Å². The van der Waals surface area contributed by atoms with Crippen molar-refractivity contribution in [2.75, 3.05) is 0 Å². The van der Waals surface area contributed by atoms with Crippen LogP contribution in [0.3, 0.4) is 0 Å². The maximum atomic E-state index is 11.1. The van der Waals surface area contributed by atoms with E-state index >= 15 is 0 Å². The third-order valence-corrected chi connectivity index (χ3v) is 1.64. The van der Waals surface area contributed by atoms with Crippen LogP contribution in [0.4, 0.5) is 0 Å². The lowest BCUT2D eigenvalue weighted by Gasteiger charge is -1.93. The molecule has 0 unspecified atom stereocenters. The Labute approximate surface area is 75.6 Å². The first-order valence-corrected chi connectivity index (χ1v) is 3.70. The number of hydrogen-bond donors (Lipinski definition) is 2. The van der Waals surface area contributed by atoms with Gasteiger partial charge in [-0.2, -0.15) is 0 Å². The second-order valence-electron chi connectivity index (χ2n) is 2.34. The molecule has 13 heavy (non-hydrogen) atoms. The van der Waals surface area contributed by atoms with Crippen molar-refractivity contribution in [1.29, 1.82) is 0 Å². The third-order valence-electron chi connectivity index (χ3n) is 1.45. The number of nitrogens with one attached hydrogen (secondary N) is 2. The smallest absolute Gasteiger partial charge is 0.305 e. The van der Waals surface area contributed by atoms with E-state index in [-0.39, 0.29) is 16.2 Å². The highest BCUT2D eigenvalue weighted by Crippen LogP contribution is 2.06. The van der Waals surface area contributed by atoms with Crippen molar-refractivity contribution >= 4 is 22.6 Å². The number of aromatic nitrogens is 4. The molecule has 0 aliphatic carbocycles. The lowest BCUT2D eigenvalue weighted by Crippen LogP contribution is -2.22. The van der Waals surface area contributed by atoms with Crippen molar-refractivity contribution in [2.45, 2.75) is 0 Å². The first-order valence-electron chi connectivity index (χ1n) is 3.32. The maximum Gasteiger partial charge on any atom is 0.326 e. The molecule has 0 aromatic carbocycles. The van der Waals surface area contributed by atoms with Crippen LogP contribution in [-0.4, -0.2) is 20.2 Å². The molecule has 0 radical (unpaired) electrons. The van der Waals surface area contributed by atoms with Crippen LogP contribution in [0.1, 0.15) is 0 Å². The Morgan fingerprint density at radius 3 is 2.77 bits per heavy atom. The summed E-state index contributed by atoms with van der Waals surface area (Å²) in [6.07, 6.45) is 0. The normalized spacial score (nSPS) is 10.5. The zero-order valence-electron chi connectivity index (χ0n) is 6.17. The van der Waals surface area contributed by atoms with Gasteiger partial charge >= 0.3 is 5.69 Å². The van der Waals surface area contributed by atoms with E-state index in [2.05, 4.69) is 15.2 Å². The predicted octanol–water partition coefficient (Wildman–Crippen LogP) is -0.340. The first kappa shape index (κ1) is 7.93. The summed E-state index contributed by atoms with van der Waals surface area (Å²) in [6, 6.07) is 1.36. The van der Waals surface area contributed by atoms with Crippen LogP contribution in [0, 0.1) is 0 Å². The summed E-state index contributed by atoms with van der Waals surface area (Å²) in [5, 5.41) is 7.12. The molecular weight excluding hydrogens is 196 g/mol. The van der Waals surface area contributed by atoms with Crippen molar-refractivity contribution in [3.8, 4) is 0 Å². The minimum absolute atomic E-state index is 0.0593. The van der Waals surface area contributed by atoms with E-state index in [1.807, 2.05) is 4.98 Å². The van der Waals surface area contributed by atoms with Crippen LogP contribution in [0.5, 0.6) is 0 Å². The molecule has 0 aliphatic heterocycles. The largest absolute Gasteiger partial charge is 0.326 e. The van der Waals surface area contributed by atoms with Gasteiger partial charge in [-0.1, -0.05) is 11.6 Å². The van der Waals surface area contributed by atoms with Gasteiger partial charge in [0.2, 0.25) is 0 Å². The molecule has 0 bridgehead atoms. The average molecular weight is 199 g/mol. The molecule has 2 heterocycles. The summed E-state index contributed by atoms with van der Waals surface area (Å²) >= 11 is 5.52. The molecule has 6 nitrogen and oxygen atoms in total. The van der Waals surface area contributed by atoms with Crippen LogP contribution in [-0.2, 0) is 0 Å². The number of aromatic amines is 2. The van der Waals surface area contributed by atoms with E-state index in [0.717, 1.165) is 0 Å². The Bertz CT molecular complexity index is 573. The molecule has 0 amide bonds. The molecule has 0 saturated heterocycles. The molecule has 0 atom stereocenters. The van der Waals surface area contributed by atoms with E-state index in [9.17, 15) is 9.59 Å². The lowest BCUT2D eigenvalue weighted by molar-refractivity contribution is 1.01. The minimum Gasteiger partial charge on any atom is -0.305 e. The lowest BCUT2D eigenvalue weighted by atomic mass is 10.4. The van der Waals surface area contributed by atoms with Crippen LogP contribution in [0.15, 0.2) is 15.7 Å². The number of H-pyrrole nitrogens is 2. The van der Waals surface area contributed by atoms with Gasteiger partial charge in [-0.3, -0.25) is 9.78 Å². The van der Waals surface area contributed by atoms with Gasteiger partial charge in [-0.05, 0) is 0 Å². The van der Waals surface area contributed by atoms with Crippen molar-refractivity contribution in [2.24, 2.45) is 0 Å². The summed E-state index contributed by atoms with van der Waals surface area (Å²) in [6.45, 7) is 0. The zero-order valence-corrected chi connectivity index (χ0v) is 6.92. The predicted molar refractivity (Wildman–Crippen MR) is 45.8 cm³/mol. The molecule has 66 valence electrons. The Kier molecular flexibility index (Phi) is 1.63. The molecule has 0 fully saturated rings. The van der Waals surface area contributed by atoms with Crippen LogP contribution in [0.25, 0.3) is 11.0 Å². The maximum absolute atomic E-state index is 11.1. The standard InChI is InChI=1S/C6H3ClN4O2/c7-3-1-2-4(11-10-3)5(12)9-6(13)8-2/h1H,(H2,8,9,12,13). The number of rotatable bonds is 0. The molecule has 2 N–H and O–H groups in total. The Hall–Kier alpha value is -1.69. The van der Waals surface area contributed by atoms with Gasteiger partial charge < -0.3 is 4.98 Å². The quantitative estimate of drug-likeness (QED) is 0.606. The number of hydrogen-bond acceptors (Lipinski definition) is 4. The van der Waals surface area contributed by atoms with Crippen molar-refractivity contribution in [1.82, 2.24) is 20.2 Å². The molecule has 2 aromatic rings. The Morgan fingerprint density at radius 1 is 1.23 bits per heavy atom. The van der Waals surface area contributed by atoms with Crippen LogP contribution in [0.2, 0.25) is 5.15 Å². The van der Waals surface area contributed by atoms with Crippen molar-refractivity contribution < 1.29 is 0 Å². The molecular formula is C6H3ClN4O2. The Balaban J connectivity index is 3.03. The van der Waals surface area contributed by atoms with Crippen LogP contribution >= 0.6 is 11.6 Å². The van der Waals surface area contributed by atoms with E-state index in [1.165, 1.54) is 6.07 Å². The van der Waals surface area contributed by atoms with Gasteiger partial charge in [0.15, 0.2) is 10.7 Å². The summed E-state index contributed by atoms with van der Waals surface area (Å²) in [7, 11) is 0. The van der Waals surface area contributed by atoms with Gasteiger partial charge in [0, 0.05) is 6.07 Å². The highest BCUT2D eigenvalue weighted by molar-refractivity contribution is 6.29. The zero-order chi connectivity index (χ0) is 9.42. The summed E-state index contributed by atoms with van der Waals surface area (Å²) in [4.78, 5) is 26.3. The fraction of sp³-hybridized carbons (Fsp3) is 0. The Morgan fingerprint density at radius 2 is 2.00 bits per heavy atom. The van der Waals surface area contributed by atoms with E-state index in [1.54, 1.807) is 0 Å². The highest BCUT2D eigenvalue weighted by atomic mass is 35.5. The monoisotopic (exact) mass is 198 g/mol. The second kappa shape index (κ2) is 2.67. The van der Waals surface area contributed by atoms with Gasteiger partial charge in [0.05, 0.1) is 5.52 Å². The fourth-order valence-electron chi connectivity index (χ4n) is 0.947. The summed E-state index contributed by atoms with van der Waals surface area (Å²) in [5.41, 5.74) is -0.845. The average Bonchev–Trinajstić information content (AvgIpc) is 2.02. The van der Waals surface area contributed by atoms with Crippen molar-refractivity contribution in [3.63, 3.8) is 0 Å². The molecule has 0 aliphatic rings. The van der Waals surface area contributed by atoms with Gasteiger partial charge in [-0.25, -0.2) is 4.79 Å². The summed E-state index contributed by atoms with van der Waals surface area (Å²) < 4.78 is 0. The molecule has 2 aromatic heterocycles. The van der Waals surface area contributed by atoms with E-state index in [0.29, 0.717) is 0 Å². The number of halogens is 1. The van der Waals surface area contributed by atoms with Gasteiger partial charge in [-0.15, -0.1) is 10.2 Å². The number of fused-ring (bicyclic) bond motifs is 1.